The van der Waals surface area contributed by atoms with Gasteiger partial charge in [0.05, 0.1) is 0 Å². The third kappa shape index (κ3) is 3.76. The molecule has 0 spiro atoms. The van der Waals surface area contributed by atoms with Gasteiger partial charge in [-0.1, -0.05) is 34.6 Å². The Morgan fingerprint density at radius 3 is 2.20 bits per heavy atom. The maximum atomic E-state index is 5.78. The standard InChI is InChI=1S/C13H28N2/c1-12(2,3)11-6-7-15(8-11)10-13(4,5)9-14/h11H,6-10,14H2,1-5H3. The maximum absolute atomic E-state index is 5.78. The first-order valence-corrected chi connectivity index (χ1v) is 6.17. The van der Waals surface area contributed by atoms with Gasteiger partial charge >= 0.3 is 0 Å². The minimum atomic E-state index is 0.271. The van der Waals surface area contributed by atoms with Gasteiger partial charge in [-0.3, -0.25) is 0 Å². The molecular formula is C13H28N2. The average molecular weight is 212 g/mol. The Bertz CT molecular complexity index is 203. The second-order valence-corrected chi connectivity index (χ2v) is 6.96. The number of rotatable bonds is 3. The van der Waals surface area contributed by atoms with E-state index < -0.39 is 0 Å². The van der Waals surface area contributed by atoms with Crippen molar-refractivity contribution < 1.29 is 0 Å². The molecule has 0 aromatic heterocycles. The molecule has 0 aromatic rings. The van der Waals surface area contributed by atoms with Crippen LogP contribution in [0.25, 0.3) is 0 Å². The molecule has 0 aliphatic carbocycles. The molecule has 2 N–H and O–H groups in total. The number of nitrogens with two attached hydrogens (primary N) is 1. The van der Waals surface area contributed by atoms with Gasteiger partial charge in [0, 0.05) is 13.1 Å². The summed E-state index contributed by atoms with van der Waals surface area (Å²) in [4.78, 5) is 2.59. The Labute approximate surface area is 95.2 Å². The summed E-state index contributed by atoms with van der Waals surface area (Å²) in [6, 6.07) is 0. The summed E-state index contributed by atoms with van der Waals surface area (Å²) in [5.41, 5.74) is 6.51. The summed E-state index contributed by atoms with van der Waals surface area (Å²) in [5.74, 6) is 0.853. The molecular weight excluding hydrogens is 184 g/mol. The quantitative estimate of drug-likeness (QED) is 0.778. The summed E-state index contributed by atoms with van der Waals surface area (Å²) in [6.07, 6.45) is 1.35. The molecule has 1 aliphatic heterocycles. The molecule has 0 amide bonds. The topological polar surface area (TPSA) is 29.3 Å². The predicted molar refractivity (Wildman–Crippen MR) is 66.8 cm³/mol. The molecule has 90 valence electrons. The molecule has 0 bridgehead atoms. The third-order valence-electron chi connectivity index (χ3n) is 3.70. The molecule has 1 heterocycles. The van der Waals surface area contributed by atoms with Crippen LogP contribution in [-0.2, 0) is 0 Å². The molecule has 1 atom stereocenters. The fraction of sp³-hybridized carbons (Fsp3) is 1.00. The van der Waals surface area contributed by atoms with Crippen LogP contribution in [0.15, 0.2) is 0 Å². The second kappa shape index (κ2) is 4.42. The van der Waals surface area contributed by atoms with Crippen LogP contribution in [0, 0.1) is 16.7 Å². The number of hydrogen-bond donors (Lipinski definition) is 1. The van der Waals surface area contributed by atoms with Gasteiger partial charge in [-0.25, -0.2) is 0 Å². The van der Waals surface area contributed by atoms with E-state index in [-0.39, 0.29) is 5.41 Å². The highest BCUT2D eigenvalue weighted by Gasteiger charge is 2.33. The number of likely N-dealkylation sites (tertiary alicyclic amines) is 1. The van der Waals surface area contributed by atoms with Crippen molar-refractivity contribution in [2.75, 3.05) is 26.2 Å². The number of hydrogen-bond acceptors (Lipinski definition) is 2. The monoisotopic (exact) mass is 212 g/mol. The van der Waals surface area contributed by atoms with E-state index >= 15 is 0 Å². The van der Waals surface area contributed by atoms with Crippen LogP contribution in [-0.4, -0.2) is 31.1 Å². The number of nitrogens with zero attached hydrogens (tertiary/aromatic N) is 1. The van der Waals surface area contributed by atoms with Gasteiger partial charge in [-0.2, -0.15) is 0 Å². The van der Waals surface area contributed by atoms with E-state index in [1.165, 1.54) is 19.5 Å². The van der Waals surface area contributed by atoms with Crippen LogP contribution in [0.3, 0.4) is 0 Å². The van der Waals surface area contributed by atoms with E-state index in [2.05, 4.69) is 39.5 Å². The molecule has 1 saturated heterocycles. The van der Waals surface area contributed by atoms with Gasteiger partial charge in [0.25, 0.3) is 0 Å². The third-order valence-corrected chi connectivity index (χ3v) is 3.70. The van der Waals surface area contributed by atoms with Gasteiger partial charge in [0.15, 0.2) is 0 Å². The van der Waals surface area contributed by atoms with Gasteiger partial charge in [0.2, 0.25) is 0 Å². The van der Waals surface area contributed by atoms with E-state index in [0.717, 1.165) is 19.0 Å². The van der Waals surface area contributed by atoms with Crippen molar-refractivity contribution in [3.8, 4) is 0 Å². The van der Waals surface area contributed by atoms with Crippen LogP contribution in [0.1, 0.15) is 41.0 Å². The SMILES string of the molecule is CC(C)(CN)CN1CCC(C(C)(C)C)C1. The van der Waals surface area contributed by atoms with E-state index in [0.29, 0.717) is 5.41 Å². The first-order valence-electron chi connectivity index (χ1n) is 6.17. The normalized spacial score (nSPS) is 24.8. The molecule has 2 nitrogen and oxygen atoms in total. The average Bonchev–Trinajstić information content (AvgIpc) is 2.51. The van der Waals surface area contributed by atoms with Crippen LogP contribution < -0.4 is 5.73 Å². The fourth-order valence-corrected chi connectivity index (χ4v) is 2.35. The summed E-state index contributed by atoms with van der Waals surface area (Å²) >= 11 is 0. The van der Waals surface area contributed by atoms with Crippen molar-refractivity contribution >= 4 is 0 Å². The minimum Gasteiger partial charge on any atom is -0.330 e. The summed E-state index contributed by atoms with van der Waals surface area (Å²) in [6.45, 7) is 16.0. The molecule has 0 aromatic carbocycles. The highest BCUT2D eigenvalue weighted by molar-refractivity contribution is 4.86. The smallest absolute Gasteiger partial charge is 0.00449 e. The molecule has 1 unspecified atom stereocenters. The lowest BCUT2D eigenvalue weighted by atomic mass is 9.80. The Morgan fingerprint density at radius 1 is 1.20 bits per heavy atom. The lowest BCUT2D eigenvalue weighted by molar-refractivity contribution is 0.184. The molecule has 2 heteroatoms. The van der Waals surface area contributed by atoms with E-state index in [1.54, 1.807) is 0 Å². The van der Waals surface area contributed by atoms with Crippen molar-refractivity contribution in [1.29, 1.82) is 0 Å². The zero-order chi connectivity index (χ0) is 11.7. The zero-order valence-electron chi connectivity index (χ0n) is 11.1. The van der Waals surface area contributed by atoms with Crippen LogP contribution in [0.2, 0.25) is 0 Å². The first-order chi connectivity index (χ1) is 6.74. The second-order valence-electron chi connectivity index (χ2n) is 6.96. The Kier molecular flexibility index (Phi) is 3.83. The highest BCUT2D eigenvalue weighted by atomic mass is 15.2. The van der Waals surface area contributed by atoms with Crippen molar-refractivity contribution in [3.05, 3.63) is 0 Å². The molecule has 0 saturated carbocycles. The van der Waals surface area contributed by atoms with Gasteiger partial charge in [-0.15, -0.1) is 0 Å². The maximum Gasteiger partial charge on any atom is 0.00449 e. The zero-order valence-corrected chi connectivity index (χ0v) is 11.1. The molecule has 15 heavy (non-hydrogen) atoms. The molecule has 1 aliphatic rings. The summed E-state index contributed by atoms with van der Waals surface area (Å²) in [5, 5.41) is 0. The lowest BCUT2D eigenvalue weighted by Gasteiger charge is -2.31. The molecule has 1 rings (SSSR count). The lowest BCUT2D eigenvalue weighted by Crippen LogP contribution is -2.38. The summed E-state index contributed by atoms with van der Waals surface area (Å²) in [7, 11) is 0. The summed E-state index contributed by atoms with van der Waals surface area (Å²) < 4.78 is 0. The van der Waals surface area contributed by atoms with Crippen molar-refractivity contribution in [1.82, 2.24) is 4.90 Å². The van der Waals surface area contributed by atoms with E-state index in [9.17, 15) is 0 Å². The first kappa shape index (κ1) is 13.0. The van der Waals surface area contributed by atoms with Gasteiger partial charge < -0.3 is 10.6 Å². The Balaban J connectivity index is 2.44. The van der Waals surface area contributed by atoms with Crippen molar-refractivity contribution in [2.24, 2.45) is 22.5 Å². The van der Waals surface area contributed by atoms with Crippen molar-refractivity contribution in [3.63, 3.8) is 0 Å². The Hall–Kier alpha value is -0.0800. The largest absolute Gasteiger partial charge is 0.330 e. The van der Waals surface area contributed by atoms with E-state index in [4.69, 9.17) is 5.73 Å². The van der Waals surface area contributed by atoms with Gasteiger partial charge in [-0.05, 0) is 36.3 Å². The van der Waals surface area contributed by atoms with Crippen LogP contribution in [0.5, 0.6) is 0 Å². The highest BCUT2D eigenvalue weighted by Crippen LogP contribution is 2.34. The van der Waals surface area contributed by atoms with Crippen LogP contribution >= 0.6 is 0 Å². The van der Waals surface area contributed by atoms with Gasteiger partial charge in [0.1, 0.15) is 0 Å². The molecule has 0 radical (unpaired) electrons. The fourth-order valence-electron chi connectivity index (χ4n) is 2.35. The molecule has 1 fully saturated rings. The predicted octanol–water partition coefficient (Wildman–Crippen LogP) is 2.34. The minimum absolute atomic E-state index is 0.271. The van der Waals surface area contributed by atoms with Crippen LogP contribution in [0.4, 0.5) is 0 Å². The Morgan fingerprint density at radius 2 is 1.80 bits per heavy atom. The van der Waals surface area contributed by atoms with E-state index in [1.807, 2.05) is 0 Å². The van der Waals surface area contributed by atoms with Crippen molar-refractivity contribution in [2.45, 2.75) is 41.0 Å².